The summed E-state index contributed by atoms with van der Waals surface area (Å²) >= 11 is 0. The van der Waals surface area contributed by atoms with Gasteiger partial charge in [-0.25, -0.2) is 4.68 Å². The number of tetrazole rings is 1. The molecule has 0 aliphatic carbocycles. The first-order valence-corrected chi connectivity index (χ1v) is 3.66. The van der Waals surface area contributed by atoms with Crippen LogP contribution in [0, 0.1) is 6.92 Å². The van der Waals surface area contributed by atoms with Crippen LogP contribution in [0.4, 0.5) is 0 Å². The van der Waals surface area contributed by atoms with E-state index in [1.807, 2.05) is 31.2 Å². The van der Waals surface area contributed by atoms with E-state index in [-0.39, 0.29) is 12.4 Å². The van der Waals surface area contributed by atoms with Crippen molar-refractivity contribution in [3.63, 3.8) is 0 Å². The standard InChI is InChI=1S/C8H8N4.ClH/c1-7-2-4-8(5-3-7)12-6-9-10-11-12;/h2-6H,1H3;1H. The highest BCUT2D eigenvalue weighted by Gasteiger charge is 1.94. The molecule has 0 aliphatic rings. The molecule has 1 aromatic heterocycles. The highest BCUT2D eigenvalue weighted by atomic mass is 35.5. The van der Waals surface area contributed by atoms with Gasteiger partial charge in [0, 0.05) is 0 Å². The molecule has 68 valence electrons. The molecule has 0 atom stereocenters. The molecule has 0 N–H and O–H groups in total. The number of aryl methyl sites for hydroxylation is 1. The lowest BCUT2D eigenvalue weighted by Gasteiger charge is -1.97. The Balaban J connectivity index is 0.000000845. The van der Waals surface area contributed by atoms with Crippen LogP contribution in [-0.2, 0) is 0 Å². The molecule has 0 amide bonds. The Hall–Kier alpha value is -1.42. The summed E-state index contributed by atoms with van der Waals surface area (Å²) in [6, 6.07) is 8.01. The van der Waals surface area contributed by atoms with E-state index in [9.17, 15) is 0 Å². The lowest BCUT2D eigenvalue weighted by molar-refractivity contribution is 0.789. The zero-order chi connectivity index (χ0) is 8.39. The van der Waals surface area contributed by atoms with Gasteiger partial charge in [-0.1, -0.05) is 17.7 Å². The van der Waals surface area contributed by atoms with E-state index in [2.05, 4.69) is 15.5 Å². The molecule has 4 nitrogen and oxygen atoms in total. The number of hydrogen-bond donors (Lipinski definition) is 0. The zero-order valence-electron chi connectivity index (χ0n) is 7.08. The van der Waals surface area contributed by atoms with Crippen LogP contribution >= 0.6 is 12.4 Å². The van der Waals surface area contributed by atoms with Gasteiger partial charge in [-0.15, -0.1) is 17.5 Å². The van der Waals surface area contributed by atoms with Crippen molar-refractivity contribution in [3.8, 4) is 5.69 Å². The van der Waals surface area contributed by atoms with Gasteiger partial charge in [-0.05, 0) is 29.5 Å². The second-order valence-corrected chi connectivity index (χ2v) is 2.59. The fourth-order valence-electron chi connectivity index (χ4n) is 0.977. The van der Waals surface area contributed by atoms with Crippen LogP contribution in [-0.4, -0.2) is 20.2 Å². The topological polar surface area (TPSA) is 43.6 Å². The molecule has 0 radical (unpaired) electrons. The third kappa shape index (κ3) is 2.03. The normalized spacial score (nSPS) is 9.31. The van der Waals surface area contributed by atoms with Gasteiger partial charge < -0.3 is 0 Å². The first-order chi connectivity index (χ1) is 5.86. The summed E-state index contributed by atoms with van der Waals surface area (Å²) in [6.45, 7) is 2.05. The summed E-state index contributed by atoms with van der Waals surface area (Å²) in [5, 5.41) is 10.9. The number of aromatic nitrogens is 4. The number of benzene rings is 1. The molecular weight excluding hydrogens is 188 g/mol. The zero-order valence-corrected chi connectivity index (χ0v) is 7.90. The molecular formula is C8H9ClN4. The number of hydrogen-bond acceptors (Lipinski definition) is 3. The fraction of sp³-hybridized carbons (Fsp3) is 0.125. The highest BCUT2D eigenvalue weighted by molar-refractivity contribution is 5.85. The van der Waals surface area contributed by atoms with Crippen LogP contribution in [0.5, 0.6) is 0 Å². The van der Waals surface area contributed by atoms with Gasteiger partial charge in [0.2, 0.25) is 0 Å². The van der Waals surface area contributed by atoms with Crippen LogP contribution in [0.3, 0.4) is 0 Å². The Morgan fingerprint density at radius 1 is 1.15 bits per heavy atom. The predicted molar refractivity (Wildman–Crippen MR) is 51.1 cm³/mol. The molecule has 0 bridgehead atoms. The van der Waals surface area contributed by atoms with E-state index >= 15 is 0 Å². The summed E-state index contributed by atoms with van der Waals surface area (Å²) in [6.07, 6.45) is 1.57. The molecule has 0 fully saturated rings. The van der Waals surface area contributed by atoms with Gasteiger partial charge in [0.05, 0.1) is 5.69 Å². The first kappa shape index (κ1) is 9.67. The minimum atomic E-state index is 0. The van der Waals surface area contributed by atoms with Crippen molar-refractivity contribution in [1.82, 2.24) is 20.2 Å². The Morgan fingerprint density at radius 2 is 1.85 bits per heavy atom. The van der Waals surface area contributed by atoms with Gasteiger partial charge in [-0.2, -0.15) is 0 Å². The van der Waals surface area contributed by atoms with Crippen molar-refractivity contribution < 1.29 is 0 Å². The fourth-order valence-corrected chi connectivity index (χ4v) is 0.977. The van der Waals surface area contributed by atoms with Crippen molar-refractivity contribution in [3.05, 3.63) is 36.2 Å². The van der Waals surface area contributed by atoms with Crippen molar-refractivity contribution in [2.75, 3.05) is 0 Å². The van der Waals surface area contributed by atoms with E-state index in [0.717, 1.165) is 5.69 Å². The van der Waals surface area contributed by atoms with Gasteiger partial charge in [0.15, 0.2) is 0 Å². The number of halogens is 1. The lowest BCUT2D eigenvalue weighted by Crippen LogP contribution is -1.94. The predicted octanol–water partition coefficient (Wildman–Crippen LogP) is 1.39. The van der Waals surface area contributed by atoms with E-state index in [1.54, 1.807) is 11.0 Å². The molecule has 2 aromatic rings. The molecule has 0 spiro atoms. The second-order valence-electron chi connectivity index (χ2n) is 2.59. The Morgan fingerprint density at radius 3 is 2.38 bits per heavy atom. The Kier molecular flexibility index (Phi) is 2.97. The smallest absolute Gasteiger partial charge is 0.143 e. The summed E-state index contributed by atoms with van der Waals surface area (Å²) in [7, 11) is 0. The van der Waals surface area contributed by atoms with Crippen molar-refractivity contribution in [2.24, 2.45) is 0 Å². The molecule has 5 heteroatoms. The molecule has 0 saturated carbocycles. The van der Waals surface area contributed by atoms with Crippen molar-refractivity contribution in [2.45, 2.75) is 6.92 Å². The molecule has 1 aromatic carbocycles. The maximum absolute atomic E-state index is 3.77. The first-order valence-electron chi connectivity index (χ1n) is 3.66. The van der Waals surface area contributed by atoms with Crippen LogP contribution in [0.1, 0.15) is 5.56 Å². The van der Waals surface area contributed by atoms with Crippen LogP contribution in [0.25, 0.3) is 5.69 Å². The minimum Gasteiger partial charge on any atom is -0.201 e. The molecule has 0 aliphatic heterocycles. The SMILES string of the molecule is Cc1ccc(-n2cnnn2)cc1.Cl. The molecule has 0 unspecified atom stereocenters. The van der Waals surface area contributed by atoms with E-state index < -0.39 is 0 Å². The second kappa shape index (κ2) is 4.00. The Bertz CT molecular complexity index is 354. The van der Waals surface area contributed by atoms with Crippen molar-refractivity contribution >= 4 is 12.4 Å². The third-order valence-electron chi connectivity index (χ3n) is 1.65. The van der Waals surface area contributed by atoms with Gasteiger partial charge in [0.1, 0.15) is 6.33 Å². The van der Waals surface area contributed by atoms with E-state index in [4.69, 9.17) is 0 Å². The van der Waals surface area contributed by atoms with E-state index in [1.165, 1.54) is 5.56 Å². The maximum Gasteiger partial charge on any atom is 0.143 e. The quantitative estimate of drug-likeness (QED) is 0.693. The number of nitrogens with zero attached hydrogens (tertiary/aromatic N) is 4. The molecule has 13 heavy (non-hydrogen) atoms. The average Bonchev–Trinajstić information content (AvgIpc) is 2.58. The molecule has 2 rings (SSSR count). The van der Waals surface area contributed by atoms with Crippen LogP contribution in [0.2, 0.25) is 0 Å². The summed E-state index contributed by atoms with van der Waals surface area (Å²) in [5.74, 6) is 0. The summed E-state index contributed by atoms with van der Waals surface area (Å²) in [5.41, 5.74) is 2.21. The Labute approximate surface area is 82.0 Å². The maximum atomic E-state index is 3.77. The lowest BCUT2D eigenvalue weighted by atomic mass is 10.2. The summed E-state index contributed by atoms with van der Waals surface area (Å²) < 4.78 is 1.62. The van der Waals surface area contributed by atoms with Crippen LogP contribution in [0.15, 0.2) is 30.6 Å². The van der Waals surface area contributed by atoms with Gasteiger partial charge in [0.25, 0.3) is 0 Å². The van der Waals surface area contributed by atoms with Gasteiger partial charge in [-0.3, -0.25) is 0 Å². The van der Waals surface area contributed by atoms with Crippen LogP contribution < -0.4 is 0 Å². The monoisotopic (exact) mass is 196 g/mol. The third-order valence-corrected chi connectivity index (χ3v) is 1.65. The minimum absolute atomic E-state index is 0. The largest absolute Gasteiger partial charge is 0.201 e. The molecule has 0 saturated heterocycles. The average molecular weight is 197 g/mol. The van der Waals surface area contributed by atoms with Gasteiger partial charge >= 0.3 is 0 Å². The van der Waals surface area contributed by atoms with Crippen molar-refractivity contribution in [1.29, 1.82) is 0 Å². The molecule has 1 heterocycles. The summed E-state index contributed by atoms with van der Waals surface area (Å²) in [4.78, 5) is 0. The highest BCUT2D eigenvalue weighted by Crippen LogP contribution is 2.05. The number of rotatable bonds is 1. The van der Waals surface area contributed by atoms with E-state index in [0.29, 0.717) is 0 Å².